The highest BCUT2D eigenvalue weighted by molar-refractivity contribution is 6.29. The Morgan fingerprint density at radius 1 is 1.69 bits per heavy atom. The number of likely N-dealkylation sites (tertiary alicyclic amines) is 1. The van der Waals surface area contributed by atoms with Gasteiger partial charge in [-0.05, 0) is 26.3 Å². The molecule has 0 aromatic rings. The van der Waals surface area contributed by atoms with Gasteiger partial charge in [-0.25, -0.2) is 0 Å². The van der Waals surface area contributed by atoms with Crippen LogP contribution in [0.3, 0.4) is 0 Å². The molecule has 0 bridgehead atoms. The predicted octanol–water partition coefficient (Wildman–Crippen LogP) is 2.24. The highest BCUT2D eigenvalue weighted by Gasteiger charge is 2.19. The first-order valence-electron chi connectivity index (χ1n) is 4.89. The molecule has 1 fully saturated rings. The van der Waals surface area contributed by atoms with E-state index in [1.165, 1.54) is 12.8 Å². The quantitative estimate of drug-likeness (QED) is 0.695. The first-order valence-corrected chi connectivity index (χ1v) is 5.27. The zero-order chi connectivity index (χ0) is 9.68. The molecule has 1 saturated heterocycles. The van der Waals surface area contributed by atoms with Crippen molar-refractivity contribution in [1.82, 2.24) is 4.90 Å². The number of piperidine rings is 1. The van der Waals surface area contributed by atoms with E-state index in [1.807, 2.05) is 6.92 Å². The van der Waals surface area contributed by atoms with Gasteiger partial charge in [0.05, 0.1) is 6.10 Å². The lowest BCUT2D eigenvalue weighted by molar-refractivity contribution is 0.00903. The molecule has 1 rings (SSSR count). The Bertz CT molecular complexity index is 170. The van der Waals surface area contributed by atoms with Crippen LogP contribution in [-0.4, -0.2) is 37.2 Å². The molecule has 1 unspecified atom stereocenters. The number of hydrogen-bond donors (Lipinski definition) is 0. The fourth-order valence-corrected chi connectivity index (χ4v) is 1.94. The van der Waals surface area contributed by atoms with Crippen molar-refractivity contribution >= 4 is 11.6 Å². The molecule has 3 heteroatoms. The van der Waals surface area contributed by atoms with Crippen molar-refractivity contribution in [3.05, 3.63) is 11.6 Å². The molecule has 13 heavy (non-hydrogen) atoms. The van der Waals surface area contributed by atoms with Gasteiger partial charge < -0.3 is 4.74 Å². The van der Waals surface area contributed by atoms with Crippen molar-refractivity contribution in [2.45, 2.75) is 25.9 Å². The van der Waals surface area contributed by atoms with Crippen molar-refractivity contribution in [2.75, 3.05) is 26.2 Å². The Labute approximate surface area is 85.5 Å². The molecule has 1 heterocycles. The molecule has 1 aliphatic heterocycles. The number of ether oxygens (including phenoxy) is 1. The van der Waals surface area contributed by atoms with E-state index in [1.54, 1.807) is 0 Å². The summed E-state index contributed by atoms with van der Waals surface area (Å²) in [6.45, 7) is 9.47. The Morgan fingerprint density at radius 3 is 3.08 bits per heavy atom. The minimum Gasteiger partial charge on any atom is -0.377 e. The highest BCUT2D eigenvalue weighted by Crippen LogP contribution is 2.14. The van der Waals surface area contributed by atoms with Crippen LogP contribution in [0, 0.1) is 0 Å². The number of nitrogens with zero attached hydrogens (tertiary/aromatic N) is 1. The summed E-state index contributed by atoms with van der Waals surface area (Å²) in [7, 11) is 0. The number of rotatable bonds is 4. The Kier molecular flexibility index (Phi) is 4.78. The average molecular weight is 204 g/mol. The lowest BCUT2D eigenvalue weighted by Gasteiger charge is -2.32. The van der Waals surface area contributed by atoms with Crippen LogP contribution < -0.4 is 0 Å². The third-order valence-corrected chi connectivity index (χ3v) is 2.38. The molecule has 0 aromatic heterocycles. The van der Waals surface area contributed by atoms with Gasteiger partial charge in [0.2, 0.25) is 0 Å². The van der Waals surface area contributed by atoms with Gasteiger partial charge in [0.15, 0.2) is 0 Å². The van der Waals surface area contributed by atoms with Crippen LogP contribution in [0.4, 0.5) is 0 Å². The average Bonchev–Trinajstić information content (AvgIpc) is 2.04. The maximum Gasteiger partial charge on any atom is 0.0702 e. The van der Waals surface area contributed by atoms with Gasteiger partial charge >= 0.3 is 0 Å². The van der Waals surface area contributed by atoms with Crippen molar-refractivity contribution in [2.24, 2.45) is 0 Å². The first-order chi connectivity index (χ1) is 6.22. The molecule has 76 valence electrons. The van der Waals surface area contributed by atoms with Crippen molar-refractivity contribution in [3.63, 3.8) is 0 Å². The second-order valence-corrected chi connectivity index (χ2v) is 4.01. The van der Waals surface area contributed by atoms with Crippen LogP contribution in [0.5, 0.6) is 0 Å². The first kappa shape index (κ1) is 11.0. The van der Waals surface area contributed by atoms with Crippen LogP contribution in [0.1, 0.15) is 19.8 Å². The van der Waals surface area contributed by atoms with E-state index in [2.05, 4.69) is 11.5 Å². The van der Waals surface area contributed by atoms with Gasteiger partial charge in [-0.3, -0.25) is 4.90 Å². The molecule has 0 amide bonds. The van der Waals surface area contributed by atoms with E-state index in [-0.39, 0.29) is 0 Å². The number of halogens is 1. The van der Waals surface area contributed by atoms with Crippen LogP contribution in [0.25, 0.3) is 0 Å². The zero-order valence-electron chi connectivity index (χ0n) is 8.26. The Hall–Kier alpha value is -0.0500. The van der Waals surface area contributed by atoms with Gasteiger partial charge in [-0.2, -0.15) is 0 Å². The molecule has 0 aliphatic carbocycles. The maximum atomic E-state index is 5.76. The van der Waals surface area contributed by atoms with E-state index in [9.17, 15) is 0 Å². The minimum atomic E-state index is 0.398. The molecule has 0 N–H and O–H groups in total. The topological polar surface area (TPSA) is 12.5 Å². The standard InChI is InChI=1S/C10H18ClNO/c1-3-13-10-5-4-6-12(8-10)7-9(2)11/h10H,2-8H2,1H3. The second-order valence-electron chi connectivity index (χ2n) is 3.47. The third-order valence-electron chi connectivity index (χ3n) is 2.26. The highest BCUT2D eigenvalue weighted by atomic mass is 35.5. The lowest BCUT2D eigenvalue weighted by atomic mass is 10.1. The summed E-state index contributed by atoms with van der Waals surface area (Å²) in [5.74, 6) is 0. The van der Waals surface area contributed by atoms with E-state index in [0.717, 1.165) is 31.3 Å². The fraction of sp³-hybridized carbons (Fsp3) is 0.800. The van der Waals surface area contributed by atoms with Gasteiger partial charge in [0, 0.05) is 24.7 Å². The molecule has 1 atom stereocenters. The Morgan fingerprint density at radius 2 is 2.46 bits per heavy atom. The van der Waals surface area contributed by atoms with E-state index >= 15 is 0 Å². The minimum absolute atomic E-state index is 0.398. The molecule has 0 spiro atoms. The summed E-state index contributed by atoms with van der Waals surface area (Å²) in [5.41, 5.74) is 0. The van der Waals surface area contributed by atoms with Crippen molar-refractivity contribution in [1.29, 1.82) is 0 Å². The second kappa shape index (κ2) is 5.63. The summed E-state index contributed by atoms with van der Waals surface area (Å²) >= 11 is 5.76. The van der Waals surface area contributed by atoms with Gasteiger partial charge in [-0.15, -0.1) is 0 Å². The normalized spacial score (nSPS) is 24.6. The molecule has 0 radical (unpaired) electrons. The fourth-order valence-electron chi connectivity index (χ4n) is 1.77. The largest absolute Gasteiger partial charge is 0.377 e. The SMILES string of the molecule is C=C(Cl)CN1CCCC(OCC)C1. The molecular weight excluding hydrogens is 186 g/mol. The zero-order valence-corrected chi connectivity index (χ0v) is 9.02. The third kappa shape index (κ3) is 4.12. The van der Waals surface area contributed by atoms with E-state index in [0.29, 0.717) is 6.10 Å². The van der Waals surface area contributed by atoms with E-state index in [4.69, 9.17) is 16.3 Å². The summed E-state index contributed by atoms with van der Waals surface area (Å²) < 4.78 is 5.58. The smallest absolute Gasteiger partial charge is 0.0702 e. The van der Waals surface area contributed by atoms with Crippen LogP contribution in [-0.2, 0) is 4.74 Å². The molecule has 0 aromatic carbocycles. The molecule has 0 saturated carbocycles. The van der Waals surface area contributed by atoms with Gasteiger partial charge in [-0.1, -0.05) is 18.2 Å². The summed E-state index contributed by atoms with van der Waals surface area (Å²) in [4.78, 5) is 2.30. The van der Waals surface area contributed by atoms with Gasteiger partial charge in [0.25, 0.3) is 0 Å². The Balaban J connectivity index is 2.28. The molecular formula is C10H18ClNO. The van der Waals surface area contributed by atoms with Gasteiger partial charge in [0.1, 0.15) is 0 Å². The van der Waals surface area contributed by atoms with Crippen LogP contribution >= 0.6 is 11.6 Å². The molecule has 2 nitrogen and oxygen atoms in total. The predicted molar refractivity (Wildman–Crippen MR) is 56.1 cm³/mol. The monoisotopic (exact) mass is 203 g/mol. The van der Waals surface area contributed by atoms with Crippen molar-refractivity contribution < 1.29 is 4.74 Å². The molecule has 1 aliphatic rings. The summed E-state index contributed by atoms with van der Waals surface area (Å²) in [6, 6.07) is 0. The lowest BCUT2D eigenvalue weighted by Crippen LogP contribution is -2.40. The van der Waals surface area contributed by atoms with Crippen molar-refractivity contribution in [3.8, 4) is 0 Å². The van der Waals surface area contributed by atoms with Crippen LogP contribution in [0.15, 0.2) is 11.6 Å². The summed E-state index contributed by atoms with van der Waals surface area (Å²) in [5, 5.41) is 0.720. The maximum absolute atomic E-state index is 5.76. The van der Waals surface area contributed by atoms with E-state index < -0.39 is 0 Å². The van der Waals surface area contributed by atoms with Crippen LogP contribution in [0.2, 0.25) is 0 Å². The number of hydrogen-bond acceptors (Lipinski definition) is 2. The summed E-state index contributed by atoms with van der Waals surface area (Å²) in [6.07, 6.45) is 2.78.